The monoisotopic (exact) mass is 555 g/mol. The van der Waals surface area contributed by atoms with E-state index in [2.05, 4.69) is 20.3 Å². The molecule has 4 heterocycles. The zero-order valence-electron chi connectivity index (χ0n) is 21.6. The Labute approximate surface area is 233 Å². The van der Waals surface area contributed by atoms with Gasteiger partial charge in [0.2, 0.25) is 5.91 Å². The molecule has 0 saturated carbocycles. The van der Waals surface area contributed by atoms with Crippen molar-refractivity contribution in [3.63, 3.8) is 0 Å². The Morgan fingerprint density at radius 3 is 2.67 bits per heavy atom. The number of aromatic nitrogens is 4. The molecule has 1 unspecified atom stereocenters. The fourth-order valence-corrected chi connectivity index (χ4v) is 6.01. The van der Waals surface area contributed by atoms with Crippen molar-refractivity contribution >= 4 is 50.8 Å². The third-order valence-corrected chi connectivity index (χ3v) is 7.78. The third-order valence-electron chi connectivity index (χ3n) is 7.38. The summed E-state index contributed by atoms with van der Waals surface area (Å²) in [5.41, 5.74) is 7.31. The van der Waals surface area contributed by atoms with Crippen LogP contribution in [-0.2, 0) is 4.79 Å². The van der Waals surface area contributed by atoms with Crippen LogP contribution in [0.5, 0.6) is 0 Å². The van der Waals surface area contributed by atoms with Crippen LogP contribution in [0.1, 0.15) is 31.5 Å². The molecule has 1 aliphatic heterocycles. The molecule has 0 aliphatic carbocycles. The Morgan fingerprint density at radius 1 is 1.10 bits per heavy atom. The predicted molar refractivity (Wildman–Crippen MR) is 156 cm³/mol. The lowest BCUT2D eigenvalue weighted by molar-refractivity contribution is -0.119. The molecule has 2 atom stereocenters. The van der Waals surface area contributed by atoms with Crippen molar-refractivity contribution in [2.45, 2.75) is 31.8 Å². The summed E-state index contributed by atoms with van der Waals surface area (Å²) in [5, 5.41) is 4.92. The van der Waals surface area contributed by atoms with Crippen LogP contribution in [0.3, 0.4) is 0 Å². The van der Waals surface area contributed by atoms with Crippen LogP contribution < -0.4 is 26.9 Å². The third kappa shape index (κ3) is 4.17. The molecular formula is C29H26ClN7O3. The smallest absolute Gasteiger partial charge is 0.265 e. The molecule has 1 amide bonds. The quantitative estimate of drug-likeness (QED) is 0.289. The average molecular weight is 556 g/mol. The Morgan fingerprint density at radius 2 is 1.90 bits per heavy atom. The van der Waals surface area contributed by atoms with E-state index in [1.165, 1.54) is 18.6 Å². The van der Waals surface area contributed by atoms with Crippen molar-refractivity contribution in [2.75, 3.05) is 16.8 Å². The average Bonchev–Trinajstić information content (AvgIpc) is 3.45. The van der Waals surface area contributed by atoms with Crippen LogP contribution in [0.2, 0.25) is 5.02 Å². The van der Waals surface area contributed by atoms with Crippen molar-refractivity contribution < 1.29 is 4.79 Å². The second-order valence-electron chi connectivity index (χ2n) is 9.78. The fourth-order valence-electron chi connectivity index (χ4n) is 5.60. The number of rotatable bonds is 6. The molecule has 3 aromatic heterocycles. The molecule has 202 valence electrons. The van der Waals surface area contributed by atoms with E-state index in [9.17, 15) is 14.4 Å². The number of amides is 1. The number of fused-ring (bicyclic) bond motifs is 2. The lowest BCUT2D eigenvalue weighted by Crippen LogP contribution is -2.41. The molecule has 0 radical (unpaired) electrons. The van der Waals surface area contributed by atoms with Crippen molar-refractivity contribution in [3.8, 4) is 5.69 Å². The van der Waals surface area contributed by atoms with E-state index in [1.807, 2.05) is 54.3 Å². The van der Waals surface area contributed by atoms with Crippen LogP contribution in [-0.4, -0.2) is 38.0 Å². The summed E-state index contributed by atoms with van der Waals surface area (Å²) in [6.07, 6.45) is 4.29. The SMILES string of the molecule is C[C@H](Nc1ncnc2[nH]ccc(=O)c12)c1c(Cl)c2cccc(N3CCCC3C(N)=O)c2c(=O)n1-c1ccccc1. The number of nitrogens with two attached hydrogens (primary N) is 1. The Bertz CT molecular complexity index is 1880. The van der Waals surface area contributed by atoms with Gasteiger partial charge in [-0.1, -0.05) is 41.9 Å². The number of pyridine rings is 2. The summed E-state index contributed by atoms with van der Waals surface area (Å²) in [7, 11) is 0. The highest BCUT2D eigenvalue weighted by Gasteiger charge is 2.32. The largest absolute Gasteiger partial charge is 0.368 e. The second-order valence-corrected chi connectivity index (χ2v) is 10.2. The van der Waals surface area contributed by atoms with E-state index in [0.29, 0.717) is 62.7 Å². The van der Waals surface area contributed by atoms with Gasteiger partial charge in [0.25, 0.3) is 5.56 Å². The van der Waals surface area contributed by atoms with E-state index >= 15 is 0 Å². The Balaban J connectivity index is 1.59. The molecule has 1 saturated heterocycles. The molecular weight excluding hydrogens is 530 g/mol. The summed E-state index contributed by atoms with van der Waals surface area (Å²) in [6.45, 7) is 2.45. The molecule has 5 aromatic rings. The normalized spacial score (nSPS) is 15.9. The van der Waals surface area contributed by atoms with Gasteiger partial charge in [-0.05, 0) is 38.0 Å². The maximum absolute atomic E-state index is 14.4. The number of carbonyl (C=O) groups excluding carboxylic acids is 1. The van der Waals surface area contributed by atoms with Gasteiger partial charge in [0.15, 0.2) is 5.43 Å². The Hall–Kier alpha value is -4.70. The van der Waals surface area contributed by atoms with Gasteiger partial charge in [-0.25, -0.2) is 9.97 Å². The van der Waals surface area contributed by atoms with Crippen LogP contribution >= 0.6 is 11.6 Å². The number of H-pyrrole nitrogens is 1. The molecule has 1 fully saturated rings. The van der Waals surface area contributed by atoms with Gasteiger partial charge in [-0.2, -0.15) is 0 Å². The lowest BCUT2D eigenvalue weighted by Gasteiger charge is -2.28. The molecule has 10 nitrogen and oxygen atoms in total. The number of carbonyl (C=O) groups is 1. The van der Waals surface area contributed by atoms with Crippen LogP contribution in [0.15, 0.2) is 76.7 Å². The number of nitrogens with zero attached hydrogens (tertiary/aromatic N) is 4. The first-order chi connectivity index (χ1) is 19.4. The van der Waals surface area contributed by atoms with Gasteiger partial charge in [0.05, 0.1) is 27.8 Å². The molecule has 40 heavy (non-hydrogen) atoms. The molecule has 4 N–H and O–H groups in total. The van der Waals surface area contributed by atoms with Gasteiger partial charge < -0.3 is 20.9 Å². The molecule has 0 spiro atoms. The van der Waals surface area contributed by atoms with Crippen molar-refractivity contribution in [1.82, 2.24) is 19.5 Å². The number of halogens is 1. The number of para-hydroxylation sites is 1. The van der Waals surface area contributed by atoms with Gasteiger partial charge in [0, 0.05) is 29.9 Å². The maximum Gasteiger partial charge on any atom is 0.265 e. The zero-order chi connectivity index (χ0) is 28.0. The fraction of sp³-hybridized carbons (Fsp3) is 0.207. The highest BCUT2D eigenvalue weighted by Crippen LogP contribution is 2.37. The van der Waals surface area contributed by atoms with E-state index < -0.39 is 18.0 Å². The minimum absolute atomic E-state index is 0.242. The molecule has 2 aromatic carbocycles. The molecule has 11 heteroatoms. The number of benzene rings is 2. The molecule has 6 rings (SSSR count). The van der Waals surface area contributed by atoms with Gasteiger partial charge >= 0.3 is 0 Å². The Kier molecular flexibility index (Phi) is 6.47. The first-order valence-electron chi connectivity index (χ1n) is 12.9. The minimum atomic E-state index is -0.559. The maximum atomic E-state index is 14.4. The molecule has 1 aliphatic rings. The van der Waals surface area contributed by atoms with E-state index in [4.69, 9.17) is 17.3 Å². The summed E-state index contributed by atoms with van der Waals surface area (Å²) < 4.78 is 1.58. The van der Waals surface area contributed by atoms with Gasteiger partial charge in [-0.3, -0.25) is 19.0 Å². The first kappa shape index (κ1) is 25.6. The topological polar surface area (TPSA) is 139 Å². The number of nitrogens with one attached hydrogen (secondary N) is 2. The van der Waals surface area contributed by atoms with E-state index in [1.54, 1.807) is 10.6 Å². The van der Waals surface area contributed by atoms with E-state index in [0.717, 1.165) is 6.42 Å². The number of anilines is 2. The zero-order valence-corrected chi connectivity index (χ0v) is 22.4. The van der Waals surface area contributed by atoms with Gasteiger partial charge in [0.1, 0.15) is 29.2 Å². The van der Waals surface area contributed by atoms with Crippen LogP contribution in [0.25, 0.3) is 27.5 Å². The first-order valence-corrected chi connectivity index (χ1v) is 13.3. The van der Waals surface area contributed by atoms with E-state index in [-0.39, 0.29) is 11.0 Å². The lowest BCUT2D eigenvalue weighted by atomic mass is 10.0. The number of aromatic amines is 1. The highest BCUT2D eigenvalue weighted by molar-refractivity contribution is 6.36. The second kappa shape index (κ2) is 10.1. The van der Waals surface area contributed by atoms with Crippen LogP contribution in [0, 0.1) is 0 Å². The summed E-state index contributed by atoms with van der Waals surface area (Å²) in [6, 6.07) is 15.0. The number of hydrogen-bond donors (Lipinski definition) is 3. The predicted octanol–water partition coefficient (Wildman–Crippen LogP) is 3.90. The van der Waals surface area contributed by atoms with Crippen molar-refractivity contribution in [1.29, 1.82) is 0 Å². The number of hydrogen-bond acceptors (Lipinski definition) is 7. The summed E-state index contributed by atoms with van der Waals surface area (Å²) in [5.74, 6) is -0.108. The van der Waals surface area contributed by atoms with Crippen LogP contribution in [0.4, 0.5) is 11.5 Å². The highest BCUT2D eigenvalue weighted by atomic mass is 35.5. The van der Waals surface area contributed by atoms with Crippen molar-refractivity contribution in [3.05, 3.63) is 98.4 Å². The number of primary amides is 1. The van der Waals surface area contributed by atoms with Crippen molar-refractivity contribution in [2.24, 2.45) is 5.73 Å². The minimum Gasteiger partial charge on any atom is -0.368 e. The molecule has 0 bridgehead atoms. The summed E-state index contributed by atoms with van der Waals surface area (Å²) in [4.78, 5) is 52.7. The van der Waals surface area contributed by atoms with Gasteiger partial charge in [-0.15, -0.1) is 0 Å². The standard InChI is InChI=1S/C29H26ClN7O3/c1-16(35-28-23-21(38)12-13-32-27(23)33-15-34-28)25-24(30)18-9-5-10-19(36-14-6-11-20(36)26(31)39)22(18)29(40)37(25)17-7-3-2-4-8-17/h2-5,7-10,12-13,15-16,20H,6,11,14H2,1H3,(H2,31,39)(H2,32,33,34,35,38)/t16-,20?/m0/s1. The summed E-state index contributed by atoms with van der Waals surface area (Å²) >= 11 is 7.15.